The molecule has 6 nitrogen and oxygen atoms in total. The Morgan fingerprint density at radius 2 is 2.00 bits per heavy atom. The summed E-state index contributed by atoms with van der Waals surface area (Å²) < 4.78 is 7.71. The van der Waals surface area contributed by atoms with Gasteiger partial charge in [0, 0.05) is 49.0 Å². The number of nitrogens with zero attached hydrogens (tertiary/aromatic N) is 3. The maximum Gasteiger partial charge on any atom is 0.191 e. The van der Waals surface area contributed by atoms with Crippen molar-refractivity contribution in [3.8, 4) is 0 Å². The molecule has 2 heterocycles. The van der Waals surface area contributed by atoms with Gasteiger partial charge in [0.15, 0.2) is 5.96 Å². The molecule has 2 aromatic rings. The molecular formula is C23H34ClN5O. The highest BCUT2D eigenvalue weighted by atomic mass is 35.5. The maximum atomic E-state index is 6.57. The molecule has 0 spiro atoms. The van der Waals surface area contributed by atoms with Gasteiger partial charge in [0.2, 0.25) is 0 Å². The van der Waals surface area contributed by atoms with Crippen molar-refractivity contribution in [2.75, 3.05) is 32.8 Å². The second-order valence-corrected chi connectivity index (χ2v) is 8.41. The van der Waals surface area contributed by atoms with Crippen LogP contribution in [-0.2, 0) is 16.7 Å². The van der Waals surface area contributed by atoms with Gasteiger partial charge in [0.05, 0.1) is 12.2 Å². The Morgan fingerprint density at radius 3 is 2.67 bits per heavy atom. The Bertz CT molecular complexity index is 842. The number of aromatic nitrogens is 2. The molecule has 0 saturated carbocycles. The lowest BCUT2D eigenvalue weighted by molar-refractivity contribution is 0.0531. The maximum absolute atomic E-state index is 6.57. The lowest BCUT2D eigenvalue weighted by Gasteiger charge is -2.37. The van der Waals surface area contributed by atoms with Gasteiger partial charge in [-0.3, -0.25) is 9.67 Å². The lowest BCUT2D eigenvalue weighted by Crippen LogP contribution is -2.41. The van der Waals surface area contributed by atoms with E-state index in [9.17, 15) is 0 Å². The average molecular weight is 432 g/mol. The van der Waals surface area contributed by atoms with Crippen LogP contribution < -0.4 is 10.6 Å². The minimum atomic E-state index is -0.0807. The number of ether oxygens (including phenoxy) is 1. The van der Waals surface area contributed by atoms with Crippen LogP contribution in [0.3, 0.4) is 0 Å². The highest BCUT2D eigenvalue weighted by Crippen LogP contribution is 2.38. The monoisotopic (exact) mass is 431 g/mol. The molecule has 164 valence electrons. The van der Waals surface area contributed by atoms with Crippen LogP contribution in [0.2, 0.25) is 5.02 Å². The van der Waals surface area contributed by atoms with Gasteiger partial charge >= 0.3 is 0 Å². The zero-order valence-corrected chi connectivity index (χ0v) is 19.1. The third-order valence-electron chi connectivity index (χ3n) is 5.72. The van der Waals surface area contributed by atoms with Crippen molar-refractivity contribution in [3.05, 3.63) is 52.3 Å². The SMILES string of the molecule is CCNC(=NCC1(c2ccccc2Cl)CCOCC1)NCCCn1nc(C)cc1C. The Labute approximate surface area is 185 Å². The molecular weight excluding hydrogens is 398 g/mol. The molecule has 0 unspecified atom stereocenters. The van der Waals surface area contributed by atoms with Gasteiger partial charge in [0.1, 0.15) is 0 Å². The summed E-state index contributed by atoms with van der Waals surface area (Å²) in [5.41, 5.74) is 3.37. The highest BCUT2D eigenvalue weighted by Gasteiger charge is 2.36. The Balaban J connectivity index is 1.64. The number of benzene rings is 1. The summed E-state index contributed by atoms with van der Waals surface area (Å²) in [7, 11) is 0. The minimum Gasteiger partial charge on any atom is -0.381 e. The second-order valence-electron chi connectivity index (χ2n) is 8.00. The van der Waals surface area contributed by atoms with Crippen LogP contribution in [0.15, 0.2) is 35.3 Å². The van der Waals surface area contributed by atoms with Crippen LogP contribution in [0.5, 0.6) is 0 Å². The third-order valence-corrected chi connectivity index (χ3v) is 6.05. The van der Waals surface area contributed by atoms with Gasteiger partial charge in [-0.05, 0) is 57.7 Å². The van der Waals surface area contributed by atoms with E-state index in [1.54, 1.807) is 0 Å². The van der Waals surface area contributed by atoms with Crippen LogP contribution in [0.1, 0.15) is 43.1 Å². The molecule has 1 aromatic carbocycles. The number of hydrogen-bond donors (Lipinski definition) is 2. The number of aliphatic imine (C=N–C) groups is 1. The zero-order valence-electron chi connectivity index (χ0n) is 18.4. The van der Waals surface area contributed by atoms with Crippen molar-refractivity contribution in [3.63, 3.8) is 0 Å². The number of rotatable bonds is 8. The van der Waals surface area contributed by atoms with E-state index in [2.05, 4.69) is 52.5 Å². The molecule has 0 atom stereocenters. The molecule has 7 heteroatoms. The molecule has 0 bridgehead atoms. The van der Waals surface area contributed by atoms with E-state index in [0.717, 1.165) is 68.8 Å². The summed E-state index contributed by atoms with van der Waals surface area (Å²) in [4.78, 5) is 4.95. The first-order valence-electron chi connectivity index (χ1n) is 10.9. The predicted molar refractivity (Wildman–Crippen MR) is 123 cm³/mol. The van der Waals surface area contributed by atoms with Crippen LogP contribution in [0, 0.1) is 13.8 Å². The van der Waals surface area contributed by atoms with Crippen molar-refractivity contribution in [1.82, 2.24) is 20.4 Å². The lowest BCUT2D eigenvalue weighted by atomic mass is 9.74. The Morgan fingerprint density at radius 1 is 1.23 bits per heavy atom. The molecule has 1 saturated heterocycles. The number of aryl methyl sites for hydroxylation is 3. The minimum absolute atomic E-state index is 0.0807. The van der Waals surface area contributed by atoms with Crippen molar-refractivity contribution in [2.24, 2.45) is 4.99 Å². The van der Waals surface area contributed by atoms with E-state index >= 15 is 0 Å². The molecule has 1 aromatic heterocycles. The third kappa shape index (κ3) is 5.76. The number of halogens is 1. The van der Waals surface area contributed by atoms with Crippen molar-refractivity contribution in [2.45, 2.75) is 52.0 Å². The summed E-state index contributed by atoms with van der Waals surface area (Å²) in [6, 6.07) is 10.3. The molecule has 0 radical (unpaired) electrons. The summed E-state index contributed by atoms with van der Waals surface area (Å²) in [6.07, 6.45) is 2.84. The van der Waals surface area contributed by atoms with Gasteiger partial charge in [-0.15, -0.1) is 0 Å². The van der Waals surface area contributed by atoms with Crippen LogP contribution in [-0.4, -0.2) is 48.6 Å². The molecule has 1 aliphatic rings. The summed E-state index contributed by atoms with van der Waals surface area (Å²) in [6.45, 7) is 11.0. The standard InChI is InChI=1S/C23H34ClN5O/c1-4-25-22(26-12-7-13-29-19(3)16-18(2)28-29)27-17-23(10-14-30-15-11-23)20-8-5-6-9-21(20)24/h5-6,8-9,16H,4,7,10-15,17H2,1-3H3,(H2,25,26,27). The highest BCUT2D eigenvalue weighted by molar-refractivity contribution is 6.31. The fraction of sp³-hybridized carbons (Fsp3) is 0.565. The molecule has 0 amide bonds. The van der Waals surface area contributed by atoms with E-state index in [-0.39, 0.29) is 5.41 Å². The molecule has 2 N–H and O–H groups in total. The normalized spacial score (nSPS) is 16.5. The molecule has 3 rings (SSSR count). The molecule has 1 fully saturated rings. The van der Waals surface area contributed by atoms with Gasteiger partial charge in [-0.25, -0.2) is 0 Å². The molecule has 30 heavy (non-hydrogen) atoms. The number of hydrogen-bond acceptors (Lipinski definition) is 3. The fourth-order valence-electron chi connectivity index (χ4n) is 4.08. The Hall–Kier alpha value is -2.05. The van der Waals surface area contributed by atoms with Gasteiger partial charge in [0.25, 0.3) is 0 Å². The quantitative estimate of drug-likeness (QED) is 0.378. The van der Waals surface area contributed by atoms with Crippen molar-refractivity contribution in [1.29, 1.82) is 0 Å². The second kappa shape index (κ2) is 10.8. The van der Waals surface area contributed by atoms with E-state index in [1.807, 2.05) is 19.1 Å². The van der Waals surface area contributed by atoms with Crippen LogP contribution in [0.4, 0.5) is 0 Å². The van der Waals surface area contributed by atoms with Crippen molar-refractivity contribution < 1.29 is 4.74 Å². The number of nitrogens with one attached hydrogen (secondary N) is 2. The smallest absolute Gasteiger partial charge is 0.191 e. The topological polar surface area (TPSA) is 63.5 Å². The van der Waals surface area contributed by atoms with Gasteiger partial charge in [-0.1, -0.05) is 29.8 Å². The molecule has 0 aliphatic carbocycles. The first-order valence-corrected chi connectivity index (χ1v) is 11.3. The fourth-order valence-corrected chi connectivity index (χ4v) is 4.41. The number of guanidine groups is 1. The first-order chi connectivity index (χ1) is 14.5. The van der Waals surface area contributed by atoms with E-state index < -0.39 is 0 Å². The summed E-state index contributed by atoms with van der Waals surface area (Å²) in [5.74, 6) is 0.851. The van der Waals surface area contributed by atoms with E-state index in [4.69, 9.17) is 21.3 Å². The zero-order chi connectivity index (χ0) is 21.4. The average Bonchev–Trinajstić information content (AvgIpc) is 3.07. The van der Waals surface area contributed by atoms with E-state index in [0.29, 0.717) is 6.54 Å². The predicted octanol–water partition coefficient (Wildman–Crippen LogP) is 3.85. The van der Waals surface area contributed by atoms with Gasteiger partial charge < -0.3 is 15.4 Å². The summed E-state index contributed by atoms with van der Waals surface area (Å²) >= 11 is 6.57. The van der Waals surface area contributed by atoms with Crippen molar-refractivity contribution >= 4 is 17.6 Å². The first kappa shape index (κ1) is 22.6. The Kier molecular flexibility index (Phi) is 8.16. The van der Waals surface area contributed by atoms with E-state index in [1.165, 1.54) is 11.3 Å². The summed E-state index contributed by atoms with van der Waals surface area (Å²) in [5, 5.41) is 12.2. The largest absolute Gasteiger partial charge is 0.381 e. The van der Waals surface area contributed by atoms with Crippen LogP contribution in [0.25, 0.3) is 0 Å². The van der Waals surface area contributed by atoms with Gasteiger partial charge in [-0.2, -0.15) is 5.10 Å². The van der Waals surface area contributed by atoms with Crippen LogP contribution >= 0.6 is 11.6 Å². The molecule has 1 aliphatic heterocycles.